The Bertz CT molecular complexity index is 583. The number of nitrogens with one attached hydrogen (secondary N) is 1. The maximum absolute atomic E-state index is 12.7. The zero-order valence-electron chi connectivity index (χ0n) is 14.5. The van der Waals surface area contributed by atoms with Gasteiger partial charge in [-0.25, -0.2) is 0 Å². The average Bonchev–Trinajstić information content (AvgIpc) is 3.33. The van der Waals surface area contributed by atoms with Crippen LogP contribution in [0.25, 0.3) is 0 Å². The Balaban J connectivity index is 1.37. The maximum atomic E-state index is 12.7. The molecule has 0 unspecified atom stereocenters. The summed E-state index contributed by atoms with van der Waals surface area (Å²) < 4.78 is 7.83. The highest BCUT2D eigenvalue weighted by atomic mass is 16.5. The molecule has 1 saturated carbocycles. The number of aryl methyl sites for hydroxylation is 1. The number of hydrogen-bond donors (Lipinski definition) is 1. The number of rotatable bonds is 5. The molecule has 2 saturated heterocycles. The summed E-state index contributed by atoms with van der Waals surface area (Å²) in [5.74, 6) is 1.42. The van der Waals surface area contributed by atoms with Crippen LogP contribution in [0, 0.1) is 17.8 Å². The summed E-state index contributed by atoms with van der Waals surface area (Å²) in [6, 6.07) is 0. The van der Waals surface area contributed by atoms with E-state index < -0.39 is 0 Å². The van der Waals surface area contributed by atoms with Gasteiger partial charge in [0.25, 0.3) is 0 Å². The molecule has 3 atom stereocenters. The third kappa shape index (κ3) is 3.64. The van der Waals surface area contributed by atoms with Crippen LogP contribution in [0.4, 0.5) is 0 Å². The zero-order chi connectivity index (χ0) is 16.5. The number of hydrogen-bond acceptors (Lipinski definition) is 4. The Morgan fingerprint density at radius 2 is 2.25 bits per heavy atom. The number of carbonyl (C=O) groups is 1. The van der Waals surface area contributed by atoms with Crippen molar-refractivity contribution in [2.24, 2.45) is 24.8 Å². The molecule has 6 heteroatoms. The van der Waals surface area contributed by atoms with Gasteiger partial charge in [0.1, 0.15) is 0 Å². The van der Waals surface area contributed by atoms with Gasteiger partial charge in [-0.2, -0.15) is 5.10 Å². The van der Waals surface area contributed by atoms with Gasteiger partial charge in [0, 0.05) is 63.4 Å². The Morgan fingerprint density at radius 3 is 3.00 bits per heavy atom. The van der Waals surface area contributed by atoms with Crippen LogP contribution in [0.15, 0.2) is 12.4 Å². The van der Waals surface area contributed by atoms with Crippen LogP contribution in [0.2, 0.25) is 0 Å². The number of ether oxygens (including phenoxy) is 1. The third-order valence-corrected chi connectivity index (χ3v) is 5.72. The lowest BCUT2D eigenvalue weighted by Crippen LogP contribution is -2.53. The number of aromatic nitrogens is 2. The lowest BCUT2D eigenvalue weighted by molar-refractivity contribution is -0.142. The summed E-state index contributed by atoms with van der Waals surface area (Å²) in [7, 11) is 1.95. The van der Waals surface area contributed by atoms with Crippen molar-refractivity contribution in [3.05, 3.63) is 18.0 Å². The molecule has 1 amide bonds. The Labute approximate surface area is 143 Å². The number of amides is 1. The molecule has 132 valence electrons. The molecule has 3 heterocycles. The van der Waals surface area contributed by atoms with E-state index in [1.54, 1.807) is 0 Å². The molecule has 0 bridgehead atoms. The summed E-state index contributed by atoms with van der Waals surface area (Å²) >= 11 is 0. The number of carbonyl (C=O) groups excluding carboxylic acids is 1. The highest BCUT2D eigenvalue weighted by molar-refractivity contribution is 5.79. The van der Waals surface area contributed by atoms with E-state index >= 15 is 0 Å². The van der Waals surface area contributed by atoms with Crippen LogP contribution in [0.3, 0.4) is 0 Å². The smallest absolute Gasteiger partial charge is 0.223 e. The minimum atomic E-state index is 0.110. The fourth-order valence-corrected chi connectivity index (χ4v) is 4.16. The molecular formula is C18H28N4O2. The number of fused-ring (bicyclic) bond motifs is 1. The molecule has 24 heavy (non-hydrogen) atoms. The molecule has 1 aliphatic carbocycles. The van der Waals surface area contributed by atoms with Gasteiger partial charge < -0.3 is 10.1 Å². The summed E-state index contributed by atoms with van der Waals surface area (Å²) in [5, 5.41) is 7.44. The van der Waals surface area contributed by atoms with Crippen LogP contribution >= 0.6 is 0 Å². The van der Waals surface area contributed by atoms with Crippen molar-refractivity contribution in [3.63, 3.8) is 0 Å². The van der Waals surface area contributed by atoms with Gasteiger partial charge in [-0.05, 0) is 31.6 Å². The Morgan fingerprint density at radius 1 is 1.38 bits per heavy atom. The van der Waals surface area contributed by atoms with Crippen LogP contribution in [-0.4, -0.2) is 52.9 Å². The molecule has 1 aromatic heterocycles. The van der Waals surface area contributed by atoms with Gasteiger partial charge in [-0.15, -0.1) is 0 Å². The van der Waals surface area contributed by atoms with E-state index in [1.165, 1.54) is 18.4 Å². The third-order valence-electron chi connectivity index (χ3n) is 5.72. The van der Waals surface area contributed by atoms with Gasteiger partial charge in [-0.1, -0.05) is 0 Å². The van der Waals surface area contributed by atoms with Crippen molar-refractivity contribution in [1.29, 1.82) is 0 Å². The summed E-state index contributed by atoms with van der Waals surface area (Å²) in [4.78, 5) is 15.1. The summed E-state index contributed by atoms with van der Waals surface area (Å²) in [6.07, 6.45) is 8.70. The first-order chi connectivity index (χ1) is 11.7. The van der Waals surface area contributed by atoms with E-state index in [9.17, 15) is 4.79 Å². The number of piperidine rings is 1. The molecule has 3 fully saturated rings. The van der Waals surface area contributed by atoms with Crippen LogP contribution < -0.4 is 5.32 Å². The van der Waals surface area contributed by atoms with E-state index in [1.807, 2.05) is 17.9 Å². The Kier molecular flexibility index (Phi) is 4.59. The molecule has 0 spiro atoms. The van der Waals surface area contributed by atoms with Crippen LogP contribution in [0.1, 0.15) is 31.2 Å². The minimum absolute atomic E-state index is 0.110. The molecule has 2 aliphatic heterocycles. The number of nitrogens with zero attached hydrogens (tertiary/aromatic N) is 3. The van der Waals surface area contributed by atoms with E-state index in [0.29, 0.717) is 5.92 Å². The Hall–Kier alpha value is -1.40. The van der Waals surface area contributed by atoms with Gasteiger partial charge in [0.05, 0.1) is 12.3 Å². The maximum Gasteiger partial charge on any atom is 0.223 e. The normalized spacial score (nSPS) is 30.8. The average molecular weight is 332 g/mol. The van der Waals surface area contributed by atoms with Crippen molar-refractivity contribution in [3.8, 4) is 0 Å². The van der Waals surface area contributed by atoms with Gasteiger partial charge in [0.15, 0.2) is 0 Å². The largest absolute Gasteiger partial charge is 0.378 e. The highest BCUT2D eigenvalue weighted by Crippen LogP contribution is 2.34. The van der Waals surface area contributed by atoms with Crippen molar-refractivity contribution >= 4 is 5.91 Å². The molecule has 0 radical (unpaired) electrons. The monoisotopic (exact) mass is 332 g/mol. The standard InChI is InChI=1S/C18H28N4O2/c1-21-10-14(9-20-21)11-22-6-4-17-16(12-22)15(5-7-24-17)18(23)19-8-13-2-3-13/h9-10,13,15-17H,2-8,11-12H2,1H3,(H,19,23)/t15-,16-,17-/m1/s1. The second-order valence-electron chi connectivity index (χ2n) is 7.70. The topological polar surface area (TPSA) is 59.4 Å². The predicted molar refractivity (Wildman–Crippen MR) is 90.2 cm³/mol. The van der Waals surface area contributed by atoms with E-state index in [4.69, 9.17) is 4.74 Å². The molecule has 1 N–H and O–H groups in total. The number of likely N-dealkylation sites (tertiary alicyclic amines) is 1. The first kappa shape index (κ1) is 16.1. The van der Waals surface area contributed by atoms with Gasteiger partial charge in [-0.3, -0.25) is 14.4 Å². The van der Waals surface area contributed by atoms with Crippen molar-refractivity contribution in [2.75, 3.05) is 26.2 Å². The fourth-order valence-electron chi connectivity index (χ4n) is 4.16. The first-order valence-electron chi connectivity index (χ1n) is 9.28. The second-order valence-corrected chi connectivity index (χ2v) is 7.70. The quantitative estimate of drug-likeness (QED) is 0.879. The summed E-state index contributed by atoms with van der Waals surface area (Å²) in [6.45, 7) is 4.49. The second kappa shape index (κ2) is 6.84. The van der Waals surface area contributed by atoms with E-state index in [0.717, 1.165) is 51.5 Å². The van der Waals surface area contributed by atoms with E-state index in [2.05, 4.69) is 21.5 Å². The van der Waals surface area contributed by atoms with Crippen molar-refractivity contribution < 1.29 is 9.53 Å². The summed E-state index contributed by atoms with van der Waals surface area (Å²) in [5.41, 5.74) is 1.24. The molecule has 0 aromatic carbocycles. The lowest BCUT2D eigenvalue weighted by Gasteiger charge is -2.44. The van der Waals surface area contributed by atoms with E-state index in [-0.39, 0.29) is 17.9 Å². The van der Waals surface area contributed by atoms with Gasteiger partial charge in [0.2, 0.25) is 5.91 Å². The molecule has 1 aromatic rings. The predicted octanol–water partition coefficient (Wildman–Crippen LogP) is 1.17. The van der Waals surface area contributed by atoms with Crippen LogP contribution in [0.5, 0.6) is 0 Å². The SMILES string of the molecule is Cn1cc(CN2CC[C@H]3OCC[C@@H](C(=O)NCC4CC4)[C@H]3C2)cn1. The van der Waals surface area contributed by atoms with Gasteiger partial charge >= 0.3 is 0 Å². The van der Waals surface area contributed by atoms with Crippen molar-refractivity contribution in [1.82, 2.24) is 20.0 Å². The molecular weight excluding hydrogens is 304 g/mol. The minimum Gasteiger partial charge on any atom is -0.378 e. The zero-order valence-corrected chi connectivity index (χ0v) is 14.5. The fraction of sp³-hybridized carbons (Fsp3) is 0.778. The molecule has 3 aliphatic rings. The van der Waals surface area contributed by atoms with Crippen LogP contribution in [-0.2, 0) is 23.1 Å². The first-order valence-corrected chi connectivity index (χ1v) is 9.28. The molecule has 6 nitrogen and oxygen atoms in total. The van der Waals surface area contributed by atoms with Crippen molar-refractivity contribution in [2.45, 2.75) is 38.3 Å². The molecule has 4 rings (SSSR count). The lowest BCUT2D eigenvalue weighted by atomic mass is 9.79. The highest BCUT2D eigenvalue weighted by Gasteiger charge is 2.41.